The van der Waals surface area contributed by atoms with Crippen molar-refractivity contribution in [3.05, 3.63) is 36.4 Å². The van der Waals surface area contributed by atoms with Crippen molar-refractivity contribution >= 4 is 20.9 Å². The fourth-order valence-corrected chi connectivity index (χ4v) is 2.12. The summed E-state index contributed by atoms with van der Waals surface area (Å²) in [4.78, 5) is -0.251. The summed E-state index contributed by atoms with van der Waals surface area (Å²) in [5.74, 6) is 0.578. The van der Waals surface area contributed by atoms with Gasteiger partial charge in [0.2, 0.25) is 0 Å². The molecule has 96 valence electrons. The van der Waals surface area contributed by atoms with Gasteiger partial charge in [0.1, 0.15) is 22.5 Å². The third kappa shape index (κ3) is 4.17. The Labute approximate surface area is 133 Å². The van der Waals surface area contributed by atoms with E-state index < -0.39 is 10.1 Å². The van der Waals surface area contributed by atoms with Crippen molar-refractivity contribution in [2.45, 2.75) is 4.90 Å². The van der Waals surface area contributed by atoms with E-state index in [0.29, 0.717) is 11.1 Å². The molecule has 0 heterocycles. The first-order chi connectivity index (χ1) is 8.50. The molecular formula is C12H11NaO5S. The normalized spacial score (nSPS) is 11.1. The van der Waals surface area contributed by atoms with Gasteiger partial charge in [0.15, 0.2) is 0 Å². The third-order valence-corrected chi connectivity index (χ3v) is 3.26. The summed E-state index contributed by atoms with van der Waals surface area (Å²) >= 11 is 0. The first-order valence-electron chi connectivity index (χ1n) is 5.24. The van der Waals surface area contributed by atoms with Crippen molar-refractivity contribution in [2.75, 3.05) is 13.2 Å². The SMILES string of the molecule is O=S(=O)([O-])c1ccc2cc(OCCO)ccc2c1.[Na+]. The second-order valence-electron chi connectivity index (χ2n) is 3.70. The summed E-state index contributed by atoms with van der Waals surface area (Å²) in [6.45, 7) is 0.115. The molecule has 2 rings (SSSR count). The van der Waals surface area contributed by atoms with E-state index in [4.69, 9.17) is 9.84 Å². The van der Waals surface area contributed by atoms with Gasteiger partial charge in [-0.25, -0.2) is 8.42 Å². The van der Waals surface area contributed by atoms with Gasteiger partial charge in [-0.15, -0.1) is 0 Å². The van der Waals surface area contributed by atoms with Crippen molar-refractivity contribution < 1.29 is 52.4 Å². The molecular weight excluding hydrogens is 279 g/mol. The number of aliphatic hydroxyl groups excluding tert-OH is 1. The molecule has 0 saturated heterocycles. The van der Waals surface area contributed by atoms with Crippen LogP contribution < -0.4 is 34.3 Å². The molecule has 0 spiro atoms. The van der Waals surface area contributed by atoms with Crippen molar-refractivity contribution in [1.82, 2.24) is 0 Å². The Hall–Kier alpha value is -0.630. The Morgan fingerprint density at radius 1 is 1.11 bits per heavy atom. The predicted molar refractivity (Wildman–Crippen MR) is 64.5 cm³/mol. The predicted octanol–water partition coefficient (Wildman–Crippen LogP) is -1.88. The molecule has 0 aliphatic rings. The summed E-state index contributed by atoms with van der Waals surface area (Å²) < 4.78 is 37.9. The number of hydrogen-bond acceptors (Lipinski definition) is 5. The average molecular weight is 290 g/mol. The zero-order valence-corrected chi connectivity index (χ0v) is 13.2. The van der Waals surface area contributed by atoms with Crippen LogP contribution in [-0.2, 0) is 10.1 Å². The molecule has 0 aromatic heterocycles. The van der Waals surface area contributed by atoms with Gasteiger partial charge in [-0.05, 0) is 35.0 Å². The van der Waals surface area contributed by atoms with Crippen LogP contribution in [0.2, 0.25) is 0 Å². The second kappa shape index (κ2) is 6.69. The van der Waals surface area contributed by atoms with Crippen LogP contribution in [0.25, 0.3) is 10.8 Å². The molecule has 2 aromatic carbocycles. The van der Waals surface area contributed by atoms with Crippen LogP contribution in [0.4, 0.5) is 0 Å². The molecule has 0 aliphatic heterocycles. The van der Waals surface area contributed by atoms with Gasteiger partial charge >= 0.3 is 29.6 Å². The molecule has 0 bridgehead atoms. The minimum Gasteiger partial charge on any atom is -0.744 e. The van der Waals surface area contributed by atoms with E-state index in [2.05, 4.69) is 0 Å². The maximum Gasteiger partial charge on any atom is 1.00 e. The van der Waals surface area contributed by atoms with E-state index in [-0.39, 0.29) is 47.7 Å². The van der Waals surface area contributed by atoms with Gasteiger partial charge in [0.05, 0.1) is 11.5 Å². The van der Waals surface area contributed by atoms with Crippen molar-refractivity contribution in [3.8, 4) is 5.75 Å². The zero-order valence-electron chi connectivity index (χ0n) is 10.4. The summed E-state index contributed by atoms with van der Waals surface area (Å²) in [6.07, 6.45) is 0. The Balaban J connectivity index is 0.00000180. The fraction of sp³-hybridized carbons (Fsp3) is 0.167. The Kier molecular flexibility index (Phi) is 5.79. The van der Waals surface area contributed by atoms with Crippen LogP contribution in [0, 0.1) is 0 Å². The van der Waals surface area contributed by atoms with Crippen LogP contribution in [0.1, 0.15) is 0 Å². The Bertz CT molecular complexity index is 669. The summed E-state index contributed by atoms with van der Waals surface area (Å²) in [7, 11) is -4.43. The van der Waals surface area contributed by atoms with Crippen molar-refractivity contribution in [2.24, 2.45) is 0 Å². The molecule has 7 heteroatoms. The number of fused-ring (bicyclic) bond motifs is 1. The third-order valence-electron chi connectivity index (χ3n) is 2.43. The zero-order chi connectivity index (χ0) is 13.2. The minimum atomic E-state index is -4.43. The van der Waals surface area contributed by atoms with Crippen LogP contribution in [0.15, 0.2) is 41.3 Å². The molecule has 0 saturated carbocycles. The van der Waals surface area contributed by atoms with E-state index in [1.165, 1.54) is 12.1 Å². The first kappa shape index (κ1) is 16.4. The topological polar surface area (TPSA) is 86.7 Å². The van der Waals surface area contributed by atoms with Crippen LogP contribution in [0.5, 0.6) is 5.75 Å². The molecule has 19 heavy (non-hydrogen) atoms. The molecule has 0 atom stereocenters. The van der Waals surface area contributed by atoms with E-state index in [1.807, 2.05) is 0 Å². The second-order valence-corrected chi connectivity index (χ2v) is 5.08. The molecule has 0 unspecified atom stereocenters. The number of ether oxygens (including phenoxy) is 1. The van der Waals surface area contributed by atoms with Gasteiger partial charge in [-0.3, -0.25) is 0 Å². The minimum absolute atomic E-state index is 0. The van der Waals surface area contributed by atoms with E-state index >= 15 is 0 Å². The summed E-state index contributed by atoms with van der Waals surface area (Å²) in [5, 5.41) is 10.0. The smallest absolute Gasteiger partial charge is 0.744 e. The molecule has 5 nitrogen and oxygen atoms in total. The largest absolute Gasteiger partial charge is 1.00 e. The number of hydrogen-bond donors (Lipinski definition) is 1. The fourth-order valence-electron chi connectivity index (χ4n) is 1.61. The molecule has 0 radical (unpaired) electrons. The van der Waals surface area contributed by atoms with Crippen molar-refractivity contribution in [1.29, 1.82) is 0 Å². The van der Waals surface area contributed by atoms with E-state index in [1.54, 1.807) is 24.3 Å². The molecule has 1 N–H and O–H groups in total. The van der Waals surface area contributed by atoms with Crippen LogP contribution in [0.3, 0.4) is 0 Å². The molecule has 0 aliphatic carbocycles. The number of aliphatic hydroxyl groups is 1. The summed E-state index contributed by atoms with van der Waals surface area (Å²) in [5.41, 5.74) is 0. The summed E-state index contributed by atoms with van der Waals surface area (Å²) in [6, 6.07) is 9.17. The molecule has 2 aromatic rings. The maximum atomic E-state index is 10.9. The van der Waals surface area contributed by atoms with Gasteiger partial charge < -0.3 is 14.4 Å². The monoisotopic (exact) mass is 290 g/mol. The number of benzene rings is 2. The quantitative estimate of drug-likeness (QED) is 0.526. The first-order valence-corrected chi connectivity index (χ1v) is 6.65. The van der Waals surface area contributed by atoms with Gasteiger partial charge in [-0.1, -0.05) is 12.1 Å². The van der Waals surface area contributed by atoms with Gasteiger partial charge in [-0.2, -0.15) is 0 Å². The molecule has 0 fully saturated rings. The molecule has 0 amide bonds. The van der Waals surface area contributed by atoms with Crippen molar-refractivity contribution in [3.63, 3.8) is 0 Å². The van der Waals surface area contributed by atoms with Crippen LogP contribution in [-0.4, -0.2) is 31.3 Å². The standard InChI is InChI=1S/C12H12O5S.Na/c13-5-6-17-11-3-1-10-8-12(18(14,15)16)4-2-9(10)7-11;/h1-4,7-8,13H,5-6H2,(H,14,15,16);/q;+1/p-1. The van der Waals surface area contributed by atoms with Gasteiger partial charge in [0.25, 0.3) is 0 Å². The average Bonchev–Trinajstić information content (AvgIpc) is 2.34. The van der Waals surface area contributed by atoms with Crippen LogP contribution >= 0.6 is 0 Å². The van der Waals surface area contributed by atoms with Gasteiger partial charge in [0, 0.05) is 0 Å². The number of rotatable bonds is 4. The maximum absolute atomic E-state index is 10.9. The Morgan fingerprint density at radius 2 is 1.74 bits per heavy atom. The Morgan fingerprint density at radius 3 is 2.37 bits per heavy atom. The van der Waals surface area contributed by atoms with E-state index in [0.717, 1.165) is 5.39 Å². The van der Waals surface area contributed by atoms with E-state index in [9.17, 15) is 13.0 Å².